The molecule has 0 bridgehead atoms. The Morgan fingerprint density at radius 3 is 2.25 bits per heavy atom. The van der Waals surface area contributed by atoms with Crippen molar-refractivity contribution in [2.75, 3.05) is 0 Å². The minimum absolute atomic E-state index is 0.110. The zero-order valence-corrected chi connectivity index (χ0v) is 13.0. The fourth-order valence-corrected chi connectivity index (χ4v) is 4.04. The lowest BCUT2D eigenvalue weighted by molar-refractivity contribution is -0.0951. The van der Waals surface area contributed by atoms with Gasteiger partial charge in [0.1, 0.15) is 0 Å². The Bertz CT molecular complexity index is 269. The number of fused-ring (bicyclic) bond motifs is 1. The quantitative estimate of drug-likeness (QED) is 0.636. The van der Waals surface area contributed by atoms with Crippen LogP contribution in [-0.4, -0.2) is 28.7 Å². The highest BCUT2D eigenvalue weighted by molar-refractivity contribution is 4.95. The van der Waals surface area contributed by atoms with E-state index < -0.39 is 6.29 Å². The highest BCUT2D eigenvalue weighted by atomic mass is 16.6. The predicted octanol–water partition coefficient (Wildman–Crippen LogP) is 3.62. The second-order valence-corrected chi connectivity index (χ2v) is 6.76. The topological polar surface area (TPSA) is 49.7 Å². The summed E-state index contributed by atoms with van der Waals surface area (Å²) in [6, 6.07) is 0. The summed E-state index contributed by atoms with van der Waals surface area (Å²) in [5.74, 6) is 0.752. The summed E-state index contributed by atoms with van der Waals surface area (Å²) in [5, 5.41) is 19.7. The van der Waals surface area contributed by atoms with Crippen LogP contribution >= 0.6 is 0 Å². The van der Waals surface area contributed by atoms with Gasteiger partial charge in [-0.25, -0.2) is 0 Å². The first-order valence-electron chi connectivity index (χ1n) is 8.74. The number of rotatable bonds is 9. The Morgan fingerprint density at radius 2 is 1.55 bits per heavy atom. The van der Waals surface area contributed by atoms with Crippen LogP contribution < -0.4 is 0 Å². The largest absolute Gasteiger partial charge is 0.393 e. The van der Waals surface area contributed by atoms with Crippen molar-refractivity contribution in [3.05, 3.63) is 0 Å². The molecule has 2 aliphatic rings. The van der Waals surface area contributed by atoms with Crippen LogP contribution in [0.15, 0.2) is 0 Å². The van der Waals surface area contributed by atoms with Crippen LogP contribution in [0.2, 0.25) is 0 Å². The Balaban J connectivity index is 1.55. The van der Waals surface area contributed by atoms with Gasteiger partial charge in [0, 0.05) is 12.8 Å². The first-order chi connectivity index (χ1) is 9.72. The molecule has 1 aliphatic heterocycles. The molecule has 1 aliphatic carbocycles. The standard InChI is InChI=1S/C17H32O3/c1-2-3-4-5-6-7-8-9-10-13-14-11-17(19)20-16(14)12-15(13)18/h13-19H,2-12H2,1H3. The highest BCUT2D eigenvalue weighted by Crippen LogP contribution is 2.44. The summed E-state index contributed by atoms with van der Waals surface area (Å²) < 4.78 is 5.46. The maximum atomic E-state index is 10.1. The molecule has 0 aromatic carbocycles. The molecule has 0 spiro atoms. The average Bonchev–Trinajstić information content (AvgIpc) is 2.89. The molecule has 0 radical (unpaired) electrons. The van der Waals surface area contributed by atoms with E-state index in [1.54, 1.807) is 0 Å². The zero-order valence-electron chi connectivity index (χ0n) is 13.0. The van der Waals surface area contributed by atoms with Gasteiger partial charge in [0.05, 0.1) is 12.2 Å². The predicted molar refractivity (Wildman–Crippen MR) is 80.3 cm³/mol. The lowest BCUT2D eigenvalue weighted by Crippen LogP contribution is -2.20. The number of aliphatic hydroxyl groups is 2. The third-order valence-corrected chi connectivity index (χ3v) is 5.19. The van der Waals surface area contributed by atoms with Gasteiger partial charge in [-0.1, -0.05) is 58.3 Å². The maximum absolute atomic E-state index is 10.1. The van der Waals surface area contributed by atoms with Crippen molar-refractivity contribution in [2.24, 2.45) is 11.8 Å². The molecule has 118 valence electrons. The van der Waals surface area contributed by atoms with Gasteiger partial charge in [-0.15, -0.1) is 0 Å². The number of hydrogen-bond acceptors (Lipinski definition) is 3. The van der Waals surface area contributed by atoms with Gasteiger partial charge >= 0.3 is 0 Å². The van der Waals surface area contributed by atoms with E-state index in [0.29, 0.717) is 11.8 Å². The van der Waals surface area contributed by atoms with Crippen LogP contribution in [-0.2, 0) is 4.74 Å². The lowest BCUT2D eigenvalue weighted by atomic mass is 9.87. The van der Waals surface area contributed by atoms with Crippen molar-refractivity contribution >= 4 is 0 Å². The molecule has 2 N–H and O–H groups in total. The van der Waals surface area contributed by atoms with E-state index in [2.05, 4.69) is 6.92 Å². The minimum atomic E-state index is -0.585. The molecular weight excluding hydrogens is 252 g/mol. The molecule has 20 heavy (non-hydrogen) atoms. The van der Waals surface area contributed by atoms with E-state index in [1.165, 1.54) is 51.4 Å². The van der Waals surface area contributed by atoms with Crippen LogP contribution in [0.1, 0.15) is 77.6 Å². The summed E-state index contributed by atoms with van der Waals surface area (Å²) in [6.07, 6.45) is 12.5. The first-order valence-corrected chi connectivity index (χ1v) is 8.74. The molecule has 3 heteroatoms. The third kappa shape index (κ3) is 4.44. The fourth-order valence-electron chi connectivity index (χ4n) is 4.04. The number of ether oxygens (including phenoxy) is 1. The van der Waals surface area contributed by atoms with Crippen LogP contribution in [0, 0.1) is 11.8 Å². The molecule has 1 saturated carbocycles. The fraction of sp³-hybridized carbons (Fsp3) is 1.00. The number of aliphatic hydroxyl groups excluding tert-OH is 2. The van der Waals surface area contributed by atoms with Crippen LogP contribution in [0.25, 0.3) is 0 Å². The molecule has 5 atom stereocenters. The normalized spacial score (nSPS) is 36.5. The summed E-state index contributed by atoms with van der Waals surface area (Å²) in [5.41, 5.74) is 0. The van der Waals surface area contributed by atoms with Crippen LogP contribution in [0.5, 0.6) is 0 Å². The third-order valence-electron chi connectivity index (χ3n) is 5.19. The Hall–Kier alpha value is -0.120. The molecule has 0 amide bonds. The zero-order chi connectivity index (χ0) is 14.4. The van der Waals surface area contributed by atoms with Crippen LogP contribution in [0.3, 0.4) is 0 Å². The lowest BCUT2D eigenvalue weighted by Gasteiger charge is -2.20. The molecule has 0 aromatic heterocycles. The van der Waals surface area contributed by atoms with E-state index >= 15 is 0 Å². The SMILES string of the molecule is CCCCCCCCCCC1C(O)CC2OC(O)CC21. The van der Waals surface area contributed by atoms with Gasteiger partial charge in [0.25, 0.3) is 0 Å². The van der Waals surface area contributed by atoms with Crippen molar-refractivity contribution < 1.29 is 14.9 Å². The van der Waals surface area contributed by atoms with E-state index in [1.807, 2.05) is 0 Å². The van der Waals surface area contributed by atoms with Crippen LogP contribution in [0.4, 0.5) is 0 Å². The van der Waals surface area contributed by atoms with Crippen molar-refractivity contribution in [2.45, 2.75) is 96.1 Å². The van der Waals surface area contributed by atoms with E-state index in [-0.39, 0.29) is 12.2 Å². The molecular formula is C17H32O3. The van der Waals surface area contributed by atoms with Gasteiger partial charge in [-0.05, 0) is 18.3 Å². The first kappa shape index (κ1) is 16.3. The van der Waals surface area contributed by atoms with Gasteiger partial charge < -0.3 is 14.9 Å². The minimum Gasteiger partial charge on any atom is -0.393 e. The van der Waals surface area contributed by atoms with Gasteiger partial charge in [-0.3, -0.25) is 0 Å². The van der Waals surface area contributed by atoms with Gasteiger partial charge in [0.15, 0.2) is 6.29 Å². The number of hydrogen-bond donors (Lipinski definition) is 2. The summed E-state index contributed by atoms with van der Waals surface area (Å²) in [6.45, 7) is 2.25. The van der Waals surface area contributed by atoms with Gasteiger partial charge in [0.2, 0.25) is 0 Å². The Morgan fingerprint density at radius 1 is 0.900 bits per heavy atom. The molecule has 5 unspecified atom stereocenters. The molecule has 1 saturated heterocycles. The second-order valence-electron chi connectivity index (χ2n) is 6.76. The average molecular weight is 284 g/mol. The van der Waals surface area contributed by atoms with E-state index in [9.17, 15) is 10.2 Å². The summed E-state index contributed by atoms with van der Waals surface area (Å²) in [4.78, 5) is 0. The van der Waals surface area contributed by atoms with Crippen molar-refractivity contribution in [1.29, 1.82) is 0 Å². The van der Waals surface area contributed by atoms with Crippen molar-refractivity contribution in [1.82, 2.24) is 0 Å². The molecule has 2 fully saturated rings. The second kappa shape index (κ2) is 8.35. The molecule has 2 rings (SSSR count). The highest BCUT2D eigenvalue weighted by Gasteiger charge is 2.48. The smallest absolute Gasteiger partial charge is 0.155 e. The Labute approximate surface area is 123 Å². The molecule has 0 aromatic rings. The Kier molecular flexibility index (Phi) is 6.79. The van der Waals surface area contributed by atoms with E-state index in [4.69, 9.17) is 4.74 Å². The number of unbranched alkanes of at least 4 members (excludes halogenated alkanes) is 7. The van der Waals surface area contributed by atoms with Crippen molar-refractivity contribution in [3.8, 4) is 0 Å². The summed E-state index contributed by atoms with van der Waals surface area (Å²) >= 11 is 0. The van der Waals surface area contributed by atoms with Crippen molar-refractivity contribution in [3.63, 3.8) is 0 Å². The van der Waals surface area contributed by atoms with E-state index in [0.717, 1.165) is 19.3 Å². The maximum Gasteiger partial charge on any atom is 0.155 e. The van der Waals surface area contributed by atoms with Gasteiger partial charge in [-0.2, -0.15) is 0 Å². The summed E-state index contributed by atoms with van der Waals surface area (Å²) in [7, 11) is 0. The molecule has 1 heterocycles. The molecule has 3 nitrogen and oxygen atoms in total. The monoisotopic (exact) mass is 284 g/mol.